The summed E-state index contributed by atoms with van der Waals surface area (Å²) in [6.07, 6.45) is 0. The van der Waals surface area contributed by atoms with E-state index in [2.05, 4.69) is 10.3 Å². The zero-order valence-corrected chi connectivity index (χ0v) is 10.9. The molecule has 0 saturated heterocycles. The molecule has 0 aliphatic rings. The molecule has 2 aromatic rings. The monoisotopic (exact) mass is 278 g/mol. The first-order chi connectivity index (χ1) is 8.99. The summed E-state index contributed by atoms with van der Waals surface area (Å²) in [6, 6.07) is 6.74. The van der Waals surface area contributed by atoms with Crippen LogP contribution in [0.5, 0.6) is 0 Å². The Hall–Kier alpha value is -2.14. The Kier molecular flexibility index (Phi) is 3.66. The summed E-state index contributed by atoms with van der Waals surface area (Å²) < 4.78 is 0. The highest BCUT2D eigenvalue weighted by Crippen LogP contribution is 2.25. The van der Waals surface area contributed by atoms with Crippen molar-refractivity contribution in [1.29, 1.82) is 0 Å². The molecule has 0 saturated carbocycles. The third-order valence-electron chi connectivity index (χ3n) is 2.56. The van der Waals surface area contributed by atoms with Crippen molar-refractivity contribution in [2.75, 3.05) is 6.54 Å². The summed E-state index contributed by atoms with van der Waals surface area (Å²) in [7, 11) is 0. The first-order valence-corrected chi connectivity index (χ1v) is 5.92. The highest BCUT2D eigenvalue weighted by atomic mass is 35.5. The topological polar surface area (TPSA) is 79.3 Å². The van der Waals surface area contributed by atoms with Crippen molar-refractivity contribution < 1.29 is 14.7 Å². The zero-order chi connectivity index (χ0) is 14.0. The minimum absolute atomic E-state index is 0.367. The summed E-state index contributed by atoms with van der Waals surface area (Å²) in [5.41, 5.74) is 1.54. The van der Waals surface area contributed by atoms with Gasteiger partial charge in [-0.1, -0.05) is 23.7 Å². The number of hydrogen-bond acceptors (Lipinski definition) is 3. The quantitative estimate of drug-likeness (QED) is 0.900. The van der Waals surface area contributed by atoms with Crippen LogP contribution in [0, 0.1) is 6.92 Å². The summed E-state index contributed by atoms with van der Waals surface area (Å²) in [4.78, 5) is 26.7. The van der Waals surface area contributed by atoms with E-state index in [0.717, 1.165) is 0 Å². The number of carbonyl (C=O) groups excluding carboxylic acids is 1. The number of benzene rings is 1. The molecule has 2 N–H and O–H groups in total. The van der Waals surface area contributed by atoms with Gasteiger partial charge in [-0.3, -0.25) is 14.6 Å². The third kappa shape index (κ3) is 2.82. The Bertz CT molecular complexity index is 670. The summed E-state index contributed by atoms with van der Waals surface area (Å²) in [5, 5.41) is 12.0. The number of carboxylic acid groups (broad SMARTS) is 1. The van der Waals surface area contributed by atoms with Crippen molar-refractivity contribution in [3.63, 3.8) is 0 Å². The van der Waals surface area contributed by atoms with Gasteiger partial charge < -0.3 is 10.4 Å². The third-order valence-corrected chi connectivity index (χ3v) is 2.87. The lowest BCUT2D eigenvalue weighted by Gasteiger charge is -2.08. The molecule has 0 bridgehead atoms. The normalized spacial score (nSPS) is 10.4. The standard InChI is InChI=1S/C13H11ClN2O3/c1-7-5-9(13(19)15-6-11(17)18)8-3-2-4-10(14)12(8)16-7/h2-5H,6H2,1H3,(H,15,19)(H,17,18). The molecule has 0 radical (unpaired) electrons. The molecule has 1 aromatic heterocycles. The average molecular weight is 279 g/mol. The molecule has 1 heterocycles. The van der Waals surface area contributed by atoms with Gasteiger partial charge in [-0.15, -0.1) is 0 Å². The molecule has 1 aromatic carbocycles. The van der Waals surface area contributed by atoms with Gasteiger partial charge >= 0.3 is 5.97 Å². The molecule has 0 atom stereocenters. The number of aromatic nitrogens is 1. The first kappa shape index (κ1) is 13.3. The van der Waals surface area contributed by atoms with Crippen LogP contribution in [0.3, 0.4) is 0 Å². The zero-order valence-electron chi connectivity index (χ0n) is 10.1. The second-order valence-electron chi connectivity index (χ2n) is 4.02. The van der Waals surface area contributed by atoms with Crippen LogP contribution in [0.15, 0.2) is 24.3 Å². The van der Waals surface area contributed by atoms with Gasteiger partial charge in [0.1, 0.15) is 6.54 Å². The maximum absolute atomic E-state index is 12.0. The first-order valence-electron chi connectivity index (χ1n) is 5.55. The fraction of sp³-hybridized carbons (Fsp3) is 0.154. The maximum Gasteiger partial charge on any atom is 0.322 e. The number of carbonyl (C=O) groups is 2. The molecule has 0 fully saturated rings. The van der Waals surface area contributed by atoms with Crippen LogP contribution in [0.1, 0.15) is 16.1 Å². The average Bonchev–Trinajstić information content (AvgIpc) is 2.36. The van der Waals surface area contributed by atoms with E-state index in [1.807, 2.05) is 0 Å². The molecule has 5 nitrogen and oxygen atoms in total. The van der Waals surface area contributed by atoms with E-state index in [-0.39, 0.29) is 0 Å². The second-order valence-corrected chi connectivity index (χ2v) is 4.43. The number of nitrogens with zero attached hydrogens (tertiary/aromatic N) is 1. The predicted molar refractivity (Wildman–Crippen MR) is 71.5 cm³/mol. The largest absolute Gasteiger partial charge is 0.480 e. The van der Waals surface area contributed by atoms with Crippen LogP contribution < -0.4 is 5.32 Å². The van der Waals surface area contributed by atoms with Crippen LogP contribution in [0.25, 0.3) is 10.9 Å². The Morgan fingerprint density at radius 2 is 2.16 bits per heavy atom. The number of para-hydroxylation sites is 1. The number of pyridine rings is 1. The van der Waals surface area contributed by atoms with E-state index in [4.69, 9.17) is 16.7 Å². The summed E-state index contributed by atoms with van der Waals surface area (Å²) in [5.74, 6) is -1.55. The van der Waals surface area contributed by atoms with E-state index in [1.165, 1.54) is 0 Å². The Morgan fingerprint density at radius 3 is 2.84 bits per heavy atom. The van der Waals surface area contributed by atoms with Crippen LogP contribution in [-0.4, -0.2) is 28.5 Å². The molecule has 0 aliphatic carbocycles. The van der Waals surface area contributed by atoms with Crippen LogP contribution >= 0.6 is 11.6 Å². The summed E-state index contributed by atoms with van der Waals surface area (Å²) >= 11 is 6.04. The molecule has 6 heteroatoms. The predicted octanol–water partition coefficient (Wildman–Crippen LogP) is 2.01. The molecule has 1 amide bonds. The van der Waals surface area contributed by atoms with Crippen molar-refractivity contribution >= 4 is 34.4 Å². The van der Waals surface area contributed by atoms with Crippen molar-refractivity contribution in [2.45, 2.75) is 6.92 Å². The van der Waals surface area contributed by atoms with Crippen LogP contribution in [0.2, 0.25) is 5.02 Å². The van der Waals surface area contributed by atoms with Crippen molar-refractivity contribution in [2.24, 2.45) is 0 Å². The van der Waals surface area contributed by atoms with Gasteiger partial charge in [0.2, 0.25) is 0 Å². The van der Waals surface area contributed by atoms with Gasteiger partial charge in [0.05, 0.1) is 16.1 Å². The van der Waals surface area contributed by atoms with Crippen molar-refractivity contribution in [1.82, 2.24) is 10.3 Å². The Labute approximate surface area is 114 Å². The number of aliphatic carboxylic acids is 1. The number of fused-ring (bicyclic) bond motifs is 1. The van der Waals surface area contributed by atoms with E-state index < -0.39 is 18.4 Å². The lowest BCUT2D eigenvalue weighted by atomic mass is 10.1. The molecule has 19 heavy (non-hydrogen) atoms. The highest BCUT2D eigenvalue weighted by molar-refractivity contribution is 6.35. The number of carboxylic acids is 1. The lowest BCUT2D eigenvalue weighted by Crippen LogP contribution is -2.29. The van der Waals surface area contributed by atoms with Gasteiger partial charge in [-0.05, 0) is 19.1 Å². The fourth-order valence-corrected chi connectivity index (χ4v) is 2.00. The number of rotatable bonds is 3. The SMILES string of the molecule is Cc1cc(C(=O)NCC(=O)O)c2cccc(Cl)c2n1. The van der Waals surface area contributed by atoms with E-state index >= 15 is 0 Å². The molecule has 0 spiro atoms. The van der Waals surface area contributed by atoms with Crippen LogP contribution in [-0.2, 0) is 4.79 Å². The second kappa shape index (κ2) is 5.24. The van der Waals surface area contributed by atoms with Gasteiger partial charge in [0.15, 0.2) is 0 Å². The summed E-state index contributed by atoms with van der Waals surface area (Å²) in [6.45, 7) is 1.32. The van der Waals surface area contributed by atoms with Crippen molar-refractivity contribution in [3.05, 3.63) is 40.5 Å². The molecule has 0 aliphatic heterocycles. The molecule has 98 valence electrons. The minimum Gasteiger partial charge on any atom is -0.480 e. The van der Waals surface area contributed by atoms with Crippen molar-refractivity contribution in [3.8, 4) is 0 Å². The Balaban J connectivity index is 2.50. The van der Waals surface area contributed by atoms with Gasteiger partial charge in [-0.2, -0.15) is 0 Å². The molecule has 0 unspecified atom stereocenters. The number of halogens is 1. The van der Waals surface area contributed by atoms with Gasteiger partial charge in [0.25, 0.3) is 5.91 Å². The maximum atomic E-state index is 12.0. The molecular weight excluding hydrogens is 268 g/mol. The number of hydrogen-bond donors (Lipinski definition) is 2. The van der Waals surface area contributed by atoms with Crippen LogP contribution in [0.4, 0.5) is 0 Å². The lowest BCUT2D eigenvalue weighted by molar-refractivity contribution is -0.135. The van der Waals surface area contributed by atoms with E-state index in [0.29, 0.717) is 27.2 Å². The Morgan fingerprint density at radius 1 is 1.42 bits per heavy atom. The minimum atomic E-state index is -1.10. The number of aryl methyl sites for hydroxylation is 1. The number of nitrogens with one attached hydrogen (secondary N) is 1. The fourth-order valence-electron chi connectivity index (χ4n) is 1.78. The smallest absolute Gasteiger partial charge is 0.322 e. The van der Waals surface area contributed by atoms with Gasteiger partial charge in [0, 0.05) is 11.1 Å². The molecule has 2 rings (SSSR count). The molecular formula is C13H11ClN2O3. The number of amides is 1. The van der Waals surface area contributed by atoms with E-state index in [9.17, 15) is 9.59 Å². The van der Waals surface area contributed by atoms with E-state index in [1.54, 1.807) is 31.2 Å². The van der Waals surface area contributed by atoms with Gasteiger partial charge in [-0.25, -0.2) is 0 Å². The highest BCUT2D eigenvalue weighted by Gasteiger charge is 2.14.